The Hall–Kier alpha value is -1.13. The number of hydrogen-bond acceptors (Lipinski definition) is 4. The number of carbonyl (C=O) groups excluding carboxylic acids is 1. The summed E-state index contributed by atoms with van der Waals surface area (Å²) in [4.78, 5) is 13.9. The number of nitrogens with zero attached hydrogens (tertiary/aromatic N) is 1. The van der Waals surface area contributed by atoms with Crippen LogP contribution in [0.4, 0.5) is 0 Å². The lowest BCUT2D eigenvalue weighted by Crippen LogP contribution is -2.39. The molecule has 16 heavy (non-hydrogen) atoms. The Morgan fingerprint density at radius 2 is 2.50 bits per heavy atom. The molecule has 0 unspecified atom stereocenters. The summed E-state index contributed by atoms with van der Waals surface area (Å²) in [5.74, 6) is 0.757. The zero-order valence-electron chi connectivity index (χ0n) is 9.26. The first kappa shape index (κ1) is 11.4. The molecule has 1 atom stereocenters. The number of rotatable bonds is 4. The van der Waals surface area contributed by atoms with E-state index in [1.54, 1.807) is 12.1 Å². The largest absolute Gasteiger partial charge is 0.461 e. The molecule has 1 aromatic heterocycles. The number of likely N-dealkylation sites (tertiary alicyclic amines) is 1. The minimum Gasteiger partial charge on any atom is -0.461 e. The van der Waals surface area contributed by atoms with Crippen molar-refractivity contribution in [3.8, 4) is 0 Å². The Bertz CT molecular complexity index is 334. The Kier molecular flexibility index (Phi) is 3.74. The van der Waals surface area contributed by atoms with Gasteiger partial charge >= 0.3 is 0 Å². The average molecular weight is 223 g/mol. The van der Waals surface area contributed by atoms with E-state index in [0.717, 1.165) is 25.9 Å². The van der Waals surface area contributed by atoms with Crippen LogP contribution in [-0.4, -0.2) is 42.0 Å². The van der Waals surface area contributed by atoms with Crippen molar-refractivity contribution in [3.63, 3.8) is 0 Å². The maximum atomic E-state index is 11.8. The molecular formula is C12H17NO3. The molecule has 1 fully saturated rings. The summed E-state index contributed by atoms with van der Waals surface area (Å²) in [5, 5.41) is 9.10. The maximum Gasteiger partial charge on any atom is 0.211 e. The van der Waals surface area contributed by atoms with Gasteiger partial charge in [-0.25, -0.2) is 0 Å². The highest BCUT2D eigenvalue weighted by molar-refractivity contribution is 5.94. The predicted molar refractivity (Wildman–Crippen MR) is 59.3 cm³/mol. The molecule has 1 saturated heterocycles. The van der Waals surface area contributed by atoms with Crippen LogP contribution in [0.3, 0.4) is 0 Å². The maximum absolute atomic E-state index is 11.8. The Morgan fingerprint density at radius 1 is 1.62 bits per heavy atom. The van der Waals surface area contributed by atoms with Crippen molar-refractivity contribution in [3.05, 3.63) is 24.2 Å². The molecule has 4 nitrogen and oxygen atoms in total. The van der Waals surface area contributed by atoms with E-state index >= 15 is 0 Å². The van der Waals surface area contributed by atoms with Gasteiger partial charge in [-0.15, -0.1) is 0 Å². The molecule has 1 N–H and O–H groups in total. The number of furan rings is 1. The Balaban J connectivity index is 1.87. The molecule has 4 heteroatoms. The summed E-state index contributed by atoms with van der Waals surface area (Å²) in [6, 6.07) is 3.41. The molecular weight excluding hydrogens is 206 g/mol. The predicted octanol–water partition coefficient (Wildman–Crippen LogP) is 1.17. The average Bonchev–Trinajstić information content (AvgIpc) is 2.83. The normalized spacial score (nSPS) is 22.2. The molecule has 0 amide bonds. The number of aliphatic hydroxyl groups is 1. The van der Waals surface area contributed by atoms with Crippen molar-refractivity contribution >= 4 is 5.78 Å². The molecule has 0 bridgehead atoms. The first-order chi connectivity index (χ1) is 7.79. The molecule has 0 aromatic carbocycles. The van der Waals surface area contributed by atoms with Crippen LogP contribution in [0, 0.1) is 5.92 Å². The third-order valence-corrected chi connectivity index (χ3v) is 3.02. The van der Waals surface area contributed by atoms with Crippen LogP contribution in [0.2, 0.25) is 0 Å². The van der Waals surface area contributed by atoms with Gasteiger partial charge in [0, 0.05) is 13.2 Å². The molecule has 1 aliphatic heterocycles. The van der Waals surface area contributed by atoms with Crippen LogP contribution in [0.25, 0.3) is 0 Å². The van der Waals surface area contributed by atoms with Gasteiger partial charge in [0.05, 0.1) is 12.8 Å². The van der Waals surface area contributed by atoms with Crippen LogP contribution in [0.1, 0.15) is 23.4 Å². The van der Waals surface area contributed by atoms with Crippen LogP contribution in [-0.2, 0) is 0 Å². The van der Waals surface area contributed by atoms with E-state index in [0.29, 0.717) is 18.2 Å². The number of hydrogen-bond donors (Lipinski definition) is 1. The summed E-state index contributed by atoms with van der Waals surface area (Å²) < 4.78 is 5.06. The third-order valence-electron chi connectivity index (χ3n) is 3.02. The zero-order valence-corrected chi connectivity index (χ0v) is 9.26. The highest BCUT2D eigenvalue weighted by Crippen LogP contribution is 2.16. The van der Waals surface area contributed by atoms with Crippen molar-refractivity contribution in [1.82, 2.24) is 4.90 Å². The van der Waals surface area contributed by atoms with Crippen LogP contribution in [0.5, 0.6) is 0 Å². The first-order valence-corrected chi connectivity index (χ1v) is 5.69. The fraction of sp³-hybridized carbons (Fsp3) is 0.583. The van der Waals surface area contributed by atoms with Gasteiger partial charge in [0.1, 0.15) is 0 Å². The van der Waals surface area contributed by atoms with E-state index < -0.39 is 0 Å². The lowest BCUT2D eigenvalue weighted by molar-refractivity contribution is 0.0809. The van der Waals surface area contributed by atoms with Crippen molar-refractivity contribution in [2.24, 2.45) is 5.92 Å². The van der Waals surface area contributed by atoms with E-state index in [-0.39, 0.29) is 12.4 Å². The molecule has 0 spiro atoms. The number of Topliss-reactive ketones (excluding diaryl/α,β-unsaturated/α-hetero) is 1. The Labute approximate surface area is 94.9 Å². The summed E-state index contributed by atoms with van der Waals surface area (Å²) in [7, 11) is 0. The monoisotopic (exact) mass is 223 g/mol. The molecule has 1 aromatic rings. The second kappa shape index (κ2) is 5.27. The van der Waals surface area contributed by atoms with E-state index in [4.69, 9.17) is 9.52 Å². The lowest BCUT2D eigenvalue weighted by atomic mass is 9.99. The van der Waals surface area contributed by atoms with Crippen LogP contribution in [0.15, 0.2) is 22.8 Å². The van der Waals surface area contributed by atoms with E-state index in [2.05, 4.69) is 4.90 Å². The smallest absolute Gasteiger partial charge is 0.211 e. The summed E-state index contributed by atoms with van der Waals surface area (Å²) in [6.07, 6.45) is 3.62. The fourth-order valence-electron chi connectivity index (χ4n) is 2.16. The highest BCUT2D eigenvalue weighted by atomic mass is 16.3. The molecule has 2 rings (SSSR count). The van der Waals surface area contributed by atoms with Gasteiger partial charge in [0.25, 0.3) is 0 Å². The van der Waals surface area contributed by atoms with Crippen molar-refractivity contribution in [1.29, 1.82) is 0 Å². The third kappa shape index (κ3) is 2.71. The summed E-state index contributed by atoms with van der Waals surface area (Å²) in [6.45, 7) is 2.35. The molecule has 0 radical (unpaired) electrons. The Morgan fingerprint density at radius 3 is 3.19 bits per heavy atom. The van der Waals surface area contributed by atoms with Gasteiger partial charge in [0.2, 0.25) is 5.78 Å². The number of piperidine rings is 1. The number of carbonyl (C=O) groups is 1. The minimum absolute atomic E-state index is 0.0172. The fourth-order valence-corrected chi connectivity index (χ4v) is 2.16. The zero-order chi connectivity index (χ0) is 11.4. The van der Waals surface area contributed by atoms with Gasteiger partial charge in [-0.1, -0.05) is 0 Å². The van der Waals surface area contributed by atoms with Gasteiger partial charge < -0.3 is 9.52 Å². The van der Waals surface area contributed by atoms with Crippen molar-refractivity contribution < 1.29 is 14.3 Å². The van der Waals surface area contributed by atoms with Gasteiger partial charge in [-0.05, 0) is 37.4 Å². The van der Waals surface area contributed by atoms with E-state index in [1.165, 1.54) is 6.26 Å². The van der Waals surface area contributed by atoms with E-state index in [1.807, 2.05) is 0 Å². The number of ketones is 1. The van der Waals surface area contributed by atoms with Gasteiger partial charge in [-0.3, -0.25) is 9.69 Å². The molecule has 0 saturated carbocycles. The standard InChI is InChI=1S/C12H17NO3/c14-9-10-3-1-5-13(7-10)8-11(15)12-4-2-6-16-12/h2,4,6,10,14H,1,3,5,7-9H2/t10-/m1/s1. The van der Waals surface area contributed by atoms with Gasteiger partial charge in [0.15, 0.2) is 5.76 Å². The first-order valence-electron chi connectivity index (χ1n) is 5.69. The van der Waals surface area contributed by atoms with Crippen molar-refractivity contribution in [2.45, 2.75) is 12.8 Å². The van der Waals surface area contributed by atoms with Gasteiger partial charge in [-0.2, -0.15) is 0 Å². The van der Waals surface area contributed by atoms with E-state index in [9.17, 15) is 4.79 Å². The minimum atomic E-state index is 0.0172. The number of aliphatic hydroxyl groups excluding tert-OH is 1. The highest BCUT2D eigenvalue weighted by Gasteiger charge is 2.22. The molecule has 88 valence electrons. The second-order valence-electron chi connectivity index (χ2n) is 4.33. The van der Waals surface area contributed by atoms with Crippen molar-refractivity contribution in [2.75, 3.05) is 26.2 Å². The van der Waals surface area contributed by atoms with Crippen LogP contribution >= 0.6 is 0 Å². The summed E-state index contributed by atoms with van der Waals surface area (Å²) >= 11 is 0. The van der Waals surface area contributed by atoms with Crippen LogP contribution < -0.4 is 0 Å². The summed E-state index contributed by atoms with van der Waals surface area (Å²) in [5.41, 5.74) is 0. The quantitative estimate of drug-likeness (QED) is 0.778. The second-order valence-corrected chi connectivity index (χ2v) is 4.33. The SMILES string of the molecule is O=C(CN1CCC[C@@H](CO)C1)c1ccco1. The molecule has 2 heterocycles. The molecule has 0 aliphatic carbocycles. The lowest BCUT2D eigenvalue weighted by Gasteiger charge is -2.30. The topological polar surface area (TPSA) is 53.7 Å². The molecule has 1 aliphatic rings.